The fourth-order valence-corrected chi connectivity index (χ4v) is 5.75. The number of hydrogen-bond acceptors (Lipinski definition) is 8. The van der Waals surface area contributed by atoms with Crippen LogP contribution in [0, 0.1) is 0 Å². The highest BCUT2D eigenvalue weighted by molar-refractivity contribution is 7.47. The van der Waals surface area contributed by atoms with Crippen LogP contribution in [0.3, 0.4) is 0 Å². The molecule has 0 aliphatic carbocycles. The molecule has 0 aromatic rings. The third-order valence-electron chi connectivity index (χ3n) is 7.93. The Balaban J connectivity index is 4.34. The summed E-state index contributed by atoms with van der Waals surface area (Å²) in [5.41, 5.74) is 5.33. The molecule has 0 heterocycles. The summed E-state index contributed by atoms with van der Waals surface area (Å²) >= 11 is 0. The molecule has 286 valence electrons. The Morgan fingerprint density at radius 3 is 1.78 bits per heavy atom. The van der Waals surface area contributed by atoms with Crippen molar-refractivity contribution in [3.63, 3.8) is 0 Å². The average molecular weight is 716 g/mol. The number of carboxylic acid groups (broad SMARTS) is 1. The Labute approximate surface area is 297 Å². The van der Waals surface area contributed by atoms with Crippen molar-refractivity contribution >= 4 is 19.8 Å². The van der Waals surface area contributed by atoms with Crippen LogP contribution in [0.15, 0.2) is 36.5 Å². The first kappa shape index (κ1) is 47.2. The van der Waals surface area contributed by atoms with E-state index in [0.717, 1.165) is 70.6 Å². The quantitative estimate of drug-likeness (QED) is 0.0247. The number of carbonyl (C=O) groups excluding carboxylic acids is 1. The van der Waals surface area contributed by atoms with Crippen molar-refractivity contribution in [3.05, 3.63) is 36.5 Å². The Morgan fingerprint density at radius 2 is 1.18 bits per heavy atom. The lowest BCUT2D eigenvalue weighted by molar-refractivity contribution is -0.154. The molecule has 0 aliphatic heterocycles. The van der Waals surface area contributed by atoms with Crippen LogP contribution >= 0.6 is 7.82 Å². The SMILES string of the molecule is CC/C=C\C/C=C\C/C=C\CCCCCCCC(=O)OC(COCCCCCCCCCCCCCC)COP(=O)(O)OCC(N)C(=O)O. The molecule has 0 aromatic heterocycles. The highest BCUT2D eigenvalue weighted by atomic mass is 31.2. The molecular formula is C38H70NO9P. The van der Waals surface area contributed by atoms with Gasteiger partial charge < -0.3 is 25.2 Å². The number of esters is 1. The average Bonchev–Trinajstić information content (AvgIpc) is 3.07. The number of ether oxygens (including phenoxy) is 2. The van der Waals surface area contributed by atoms with Gasteiger partial charge in [0.05, 0.1) is 19.8 Å². The number of phosphoric acid groups is 1. The number of rotatable bonds is 36. The zero-order valence-electron chi connectivity index (χ0n) is 30.8. The van der Waals surface area contributed by atoms with Gasteiger partial charge >= 0.3 is 19.8 Å². The number of allylic oxidation sites excluding steroid dienone is 6. The molecule has 10 nitrogen and oxygen atoms in total. The fourth-order valence-electron chi connectivity index (χ4n) is 4.97. The molecule has 0 saturated carbocycles. The van der Waals surface area contributed by atoms with Crippen molar-refractivity contribution in [1.29, 1.82) is 0 Å². The van der Waals surface area contributed by atoms with Crippen LogP contribution in [0.5, 0.6) is 0 Å². The number of phosphoric ester groups is 1. The second-order valence-corrected chi connectivity index (χ2v) is 14.1. The van der Waals surface area contributed by atoms with Crippen molar-refractivity contribution in [3.8, 4) is 0 Å². The predicted octanol–water partition coefficient (Wildman–Crippen LogP) is 9.75. The second kappa shape index (κ2) is 34.6. The maximum Gasteiger partial charge on any atom is 0.472 e. The van der Waals surface area contributed by atoms with E-state index in [0.29, 0.717) is 13.0 Å². The zero-order chi connectivity index (χ0) is 36.3. The molecular weight excluding hydrogens is 645 g/mol. The molecule has 4 N–H and O–H groups in total. The van der Waals surface area contributed by atoms with E-state index in [9.17, 15) is 19.0 Å². The van der Waals surface area contributed by atoms with E-state index in [4.69, 9.17) is 24.8 Å². The van der Waals surface area contributed by atoms with E-state index >= 15 is 0 Å². The predicted molar refractivity (Wildman–Crippen MR) is 198 cm³/mol. The van der Waals surface area contributed by atoms with Gasteiger partial charge in [-0.25, -0.2) is 4.57 Å². The summed E-state index contributed by atoms with van der Waals surface area (Å²) in [4.78, 5) is 33.4. The van der Waals surface area contributed by atoms with Gasteiger partial charge in [0.2, 0.25) is 0 Å². The molecule has 0 rings (SSSR count). The monoisotopic (exact) mass is 715 g/mol. The molecule has 0 spiro atoms. The molecule has 0 bridgehead atoms. The topological polar surface area (TPSA) is 155 Å². The molecule has 49 heavy (non-hydrogen) atoms. The van der Waals surface area contributed by atoms with Crippen LogP contribution in [0.4, 0.5) is 0 Å². The molecule has 0 aromatic carbocycles. The fraction of sp³-hybridized carbons (Fsp3) is 0.789. The minimum absolute atomic E-state index is 0.0115. The highest BCUT2D eigenvalue weighted by Gasteiger charge is 2.27. The van der Waals surface area contributed by atoms with Gasteiger partial charge in [-0.05, 0) is 44.9 Å². The van der Waals surface area contributed by atoms with Crippen molar-refractivity contribution < 1.29 is 42.7 Å². The number of unbranched alkanes of at least 4 members (excludes halogenated alkanes) is 16. The van der Waals surface area contributed by atoms with Gasteiger partial charge in [-0.1, -0.05) is 140 Å². The molecule has 0 aliphatic rings. The number of carbonyl (C=O) groups is 2. The molecule has 0 saturated heterocycles. The molecule has 0 amide bonds. The standard InChI is InChI=1S/C38H70NO9P/c1-3-5-7-9-11-13-15-17-18-19-20-22-24-26-28-30-37(40)48-35(33-46-49(43,44)47-34-36(39)38(41)42)32-45-31-29-27-25-23-21-16-14-12-10-8-6-4-2/h5,7,11,13,17-18,35-36H,3-4,6,8-10,12,14-16,19-34,39H2,1-2H3,(H,41,42)(H,43,44)/b7-5-,13-11-,18-17-. The number of aliphatic carboxylic acids is 1. The Bertz CT molecular complexity index is 925. The lowest BCUT2D eigenvalue weighted by Gasteiger charge is -2.20. The maximum atomic E-state index is 12.6. The van der Waals surface area contributed by atoms with Crippen LogP contribution in [-0.2, 0) is 32.7 Å². The van der Waals surface area contributed by atoms with Crippen molar-refractivity contribution in [2.45, 2.75) is 167 Å². The molecule has 3 atom stereocenters. The Kier molecular flexibility index (Phi) is 33.4. The first-order chi connectivity index (χ1) is 23.7. The summed E-state index contributed by atoms with van der Waals surface area (Å²) in [5.74, 6) is -1.80. The van der Waals surface area contributed by atoms with Crippen molar-refractivity contribution in [1.82, 2.24) is 0 Å². The number of hydrogen-bond donors (Lipinski definition) is 3. The van der Waals surface area contributed by atoms with E-state index < -0.39 is 45.1 Å². The van der Waals surface area contributed by atoms with Crippen LogP contribution in [0.25, 0.3) is 0 Å². The Hall–Kier alpha value is -1.81. The third-order valence-corrected chi connectivity index (χ3v) is 8.88. The lowest BCUT2D eigenvalue weighted by Crippen LogP contribution is -2.34. The lowest BCUT2D eigenvalue weighted by atomic mass is 10.1. The van der Waals surface area contributed by atoms with Crippen LogP contribution in [0.1, 0.15) is 155 Å². The minimum atomic E-state index is -4.61. The second-order valence-electron chi connectivity index (χ2n) is 12.7. The summed E-state index contributed by atoms with van der Waals surface area (Å²) in [6, 6.07) is -1.47. The van der Waals surface area contributed by atoms with Gasteiger partial charge in [0.25, 0.3) is 0 Å². The smallest absolute Gasteiger partial charge is 0.472 e. The summed E-state index contributed by atoms with van der Waals surface area (Å²) < 4.78 is 33.2. The zero-order valence-corrected chi connectivity index (χ0v) is 31.7. The minimum Gasteiger partial charge on any atom is -0.480 e. The van der Waals surface area contributed by atoms with Crippen molar-refractivity contribution in [2.75, 3.05) is 26.4 Å². The van der Waals surface area contributed by atoms with Crippen LogP contribution < -0.4 is 5.73 Å². The van der Waals surface area contributed by atoms with Crippen molar-refractivity contribution in [2.24, 2.45) is 5.73 Å². The molecule has 11 heteroatoms. The van der Waals surface area contributed by atoms with Gasteiger partial charge in [-0.3, -0.25) is 18.6 Å². The van der Waals surface area contributed by atoms with E-state index in [1.807, 2.05) is 0 Å². The largest absolute Gasteiger partial charge is 0.480 e. The van der Waals surface area contributed by atoms with E-state index in [2.05, 4.69) is 54.8 Å². The maximum absolute atomic E-state index is 12.6. The summed E-state index contributed by atoms with van der Waals surface area (Å²) in [7, 11) is -4.61. The van der Waals surface area contributed by atoms with Gasteiger partial charge in [-0.15, -0.1) is 0 Å². The van der Waals surface area contributed by atoms with E-state index in [1.165, 1.54) is 57.8 Å². The normalized spacial score (nSPS) is 14.5. The van der Waals surface area contributed by atoms with E-state index in [-0.39, 0.29) is 13.0 Å². The van der Waals surface area contributed by atoms with E-state index in [1.54, 1.807) is 0 Å². The van der Waals surface area contributed by atoms with Gasteiger partial charge in [0, 0.05) is 13.0 Å². The summed E-state index contributed by atoms with van der Waals surface area (Å²) in [5, 5.41) is 8.86. The highest BCUT2D eigenvalue weighted by Crippen LogP contribution is 2.43. The molecule has 0 fully saturated rings. The van der Waals surface area contributed by atoms with Crippen LogP contribution in [-0.4, -0.2) is 60.5 Å². The summed E-state index contributed by atoms with van der Waals surface area (Å²) in [6.45, 7) is 3.73. The Morgan fingerprint density at radius 1 is 0.673 bits per heavy atom. The third kappa shape index (κ3) is 34.4. The molecule has 0 radical (unpaired) electrons. The van der Waals surface area contributed by atoms with Crippen LogP contribution in [0.2, 0.25) is 0 Å². The first-order valence-corrected chi connectivity index (χ1v) is 20.5. The number of carboxylic acids is 1. The number of nitrogens with two attached hydrogens (primary N) is 1. The summed E-state index contributed by atoms with van der Waals surface area (Å²) in [6.07, 6.45) is 36.2. The first-order valence-electron chi connectivity index (χ1n) is 19.0. The molecule has 3 unspecified atom stereocenters. The van der Waals surface area contributed by atoms with Gasteiger partial charge in [0.1, 0.15) is 12.1 Å². The van der Waals surface area contributed by atoms with Gasteiger partial charge in [0.15, 0.2) is 0 Å². The van der Waals surface area contributed by atoms with Gasteiger partial charge in [-0.2, -0.15) is 0 Å².